The Labute approximate surface area is 81.7 Å². The van der Waals surface area contributed by atoms with Crippen molar-refractivity contribution in [1.82, 2.24) is 9.78 Å². The highest BCUT2D eigenvalue weighted by Gasteiger charge is 2.19. The Morgan fingerprint density at radius 3 is 2.43 bits per heavy atom. The lowest BCUT2D eigenvalue weighted by Crippen LogP contribution is -2.32. The zero-order valence-electron chi connectivity index (χ0n) is 8.75. The Kier molecular flexibility index (Phi) is 2.51. The SMILES string of the molecule is COC(=O)c1cc(=O)n(C(C)(C)C)[nH]1. The summed E-state index contributed by atoms with van der Waals surface area (Å²) >= 11 is 0. The fourth-order valence-electron chi connectivity index (χ4n) is 1.11. The van der Waals surface area contributed by atoms with E-state index in [9.17, 15) is 9.59 Å². The van der Waals surface area contributed by atoms with Crippen LogP contribution in [0.4, 0.5) is 0 Å². The first-order chi connectivity index (χ1) is 6.36. The predicted octanol–water partition coefficient (Wildman–Crippen LogP) is 0.718. The molecule has 14 heavy (non-hydrogen) atoms. The Hall–Kier alpha value is -1.52. The van der Waals surface area contributed by atoms with Gasteiger partial charge in [0.25, 0.3) is 5.56 Å². The van der Waals surface area contributed by atoms with Crippen molar-refractivity contribution in [3.8, 4) is 0 Å². The second kappa shape index (κ2) is 3.32. The molecule has 1 heterocycles. The molecule has 0 spiro atoms. The molecule has 0 saturated heterocycles. The van der Waals surface area contributed by atoms with Crippen LogP contribution in [0.3, 0.4) is 0 Å². The molecule has 0 amide bonds. The van der Waals surface area contributed by atoms with E-state index < -0.39 is 5.97 Å². The Morgan fingerprint density at radius 1 is 1.50 bits per heavy atom. The molecule has 5 nitrogen and oxygen atoms in total. The number of carbonyl (C=O) groups excluding carboxylic acids is 1. The lowest BCUT2D eigenvalue weighted by Gasteiger charge is -2.18. The molecule has 1 aromatic heterocycles. The van der Waals surface area contributed by atoms with E-state index in [0.29, 0.717) is 0 Å². The number of hydrogen-bond donors (Lipinski definition) is 1. The minimum absolute atomic E-state index is 0.174. The van der Waals surface area contributed by atoms with Crippen LogP contribution >= 0.6 is 0 Å². The van der Waals surface area contributed by atoms with Gasteiger partial charge in [0.2, 0.25) is 0 Å². The number of nitrogens with one attached hydrogen (secondary N) is 1. The minimum Gasteiger partial charge on any atom is -0.464 e. The average molecular weight is 198 g/mol. The zero-order chi connectivity index (χ0) is 10.9. The first-order valence-corrected chi connectivity index (χ1v) is 4.27. The molecule has 0 aliphatic heterocycles. The van der Waals surface area contributed by atoms with E-state index in [1.165, 1.54) is 17.9 Å². The second-order valence-corrected chi connectivity index (χ2v) is 4.01. The molecule has 0 aliphatic carbocycles. The zero-order valence-corrected chi connectivity index (χ0v) is 8.75. The highest BCUT2D eigenvalue weighted by atomic mass is 16.5. The van der Waals surface area contributed by atoms with Gasteiger partial charge in [-0.2, -0.15) is 0 Å². The first-order valence-electron chi connectivity index (χ1n) is 4.27. The number of carbonyl (C=O) groups is 1. The predicted molar refractivity (Wildman–Crippen MR) is 51.4 cm³/mol. The molecule has 1 N–H and O–H groups in total. The van der Waals surface area contributed by atoms with Gasteiger partial charge >= 0.3 is 5.97 Å². The van der Waals surface area contributed by atoms with Crippen molar-refractivity contribution in [1.29, 1.82) is 0 Å². The second-order valence-electron chi connectivity index (χ2n) is 4.01. The number of aromatic amines is 1. The van der Waals surface area contributed by atoms with E-state index in [4.69, 9.17) is 0 Å². The third-order valence-electron chi connectivity index (χ3n) is 1.80. The fourth-order valence-corrected chi connectivity index (χ4v) is 1.11. The average Bonchev–Trinajstić information content (AvgIpc) is 2.45. The summed E-state index contributed by atoms with van der Waals surface area (Å²) in [6, 6.07) is 1.23. The van der Waals surface area contributed by atoms with Crippen LogP contribution in [-0.4, -0.2) is 22.9 Å². The molecule has 0 aliphatic rings. The van der Waals surface area contributed by atoms with Crippen LogP contribution in [0.25, 0.3) is 0 Å². The Balaban J connectivity index is 3.19. The molecule has 0 saturated carbocycles. The van der Waals surface area contributed by atoms with Crippen LogP contribution in [0.1, 0.15) is 31.3 Å². The summed E-state index contributed by atoms with van der Waals surface area (Å²) in [5.41, 5.74) is -0.436. The number of esters is 1. The molecule has 0 aromatic carbocycles. The van der Waals surface area contributed by atoms with Crippen LogP contribution in [0.2, 0.25) is 0 Å². The third-order valence-corrected chi connectivity index (χ3v) is 1.80. The number of rotatable bonds is 1. The van der Waals surface area contributed by atoms with Crippen LogP contribution in [0, 0.1) is 0 Å². The van der Waals surface area contributed by atoms with Crippen LogP contribution in [0.15, 0.2) is 10.9 Å². The van der Waals surface area contributed by atoms with Gasteiger partial charge in [-0.3, -0.25) is 9.89 Å². The summed E-state index contributed by atoms with van der Waals surface area (Å²) < 4.78 is 5.88. The van der Waals surface area contributed by atoms with E-state index in [1.807, 2.05) is 20.8 Å². The largest absolute Gasteiger partial charge is 0.464 e. The van der Waals surface area contributed by atoms with Crippen molar-refractivity contribution in [2.45, 2.75) is 26.3 Å². The molecule has 0 fully saturated rings. The van der Waals surface area contributed by atoms with Gasteiger partial charge in [0.05, 0.1) is 12.6 Å². The number of hydrogen-bond acceptors (Lipinski definition) is 3. The van der Waals surface area contributed by atoms with Gasteiger partial charge in [0, 0.05) is 6.07 Å². The number of H-pyrrole nitrogens is 1. The molecular weight excluding hydrogens is 184 g/mol. The van der Waals surface area contributed by atoms with E-state index in [0.717, 1.165) is 0 Å². The van der Waals surface area contributed by atoms with Gasteiger partial charge in [-0.1, -0.05) is 0 Å². The van der Waals surface area contributed by atoms with Crippen LogP contribution in [-0.2, 0) is 10.3 Å². The van der Waals surface area contributed by atoms with Crippen LogP contribution < -0.4 is 5.56 Å². The minimum atomic E-state index is -0.537. The van der Waals surface area contributed by atoms with Crippen molar-refractivity contribution < 1.29 is 9.53 Å². The Bertz CT molecular complexity index is 395. The van der Waals surface area contributed by atoms with E-state index in [2.05, 4.69) is 9.84 Å². The summed E-state index contributed by atoms with van der Waals surface area (Å²) in [6.45, 7) is 5.60. The standard InChI is InChI=1S/C9H14N2O3/c1-9(2,3)11-7(12)5-6(10-11)8(13)14-4/h5,10H,1-4H3. The quantitative estimate of drug-likeness (QED) is 0.676. The highest BCUT2D eigenvalue weighted by molar-refractivity contribution is 5.86. The summed E-state index contributed by atoms with van der Waals surface area (Å²) in [5.74, 6) is -0.537. The van der Waals surface area contributed by atoms with Crippen molar-refractivity contribution in [2.24, 2.45) is 0 Å². The van der Waals surface area contributed by atoms with Gasteiger partial charge in [0.1, 0.15) is 5.69 Å². The summed E-state index contributed by atoms with van der Waals surface area (Å²) in [4.78, 5) is 22.5. The van der Waals surface area contributed by atoms with Gasteiger partial charge in [0.15, 0.2) is 0 Å². The maximum Gasteiger partial charge on any atom is 0.356 e. The normalized spacial score (nSPS) is 11.4. The number of nitrogens with zero attached hydrogens (tertiary/aromatic N) is 1. The molecule has 78 valence electrons. The molecule has 0 bridgehead atoms. The van der Waals surface area contributed by atoms with E-state index in [1.54, 1.807) is 0 Å². The number of ether oxygens (including phenoxy) is 1. The van der Waals surface area contributed by atoms with Gasteiger partial charge in [-0.15, -0.1) is 0 Å². The smallest absolute Gasteiger partial charge is 0.356 e. The maximum atomic E-state index is 11.4. The van der Waals surface area contributed by atoms with E-state index in [-0.39, 0.29) is 16.8 Å². The molecule has 5 heteroatoms. The van der Waals surface area contributed by atoms with Crippen molar-refractivity contribution in [3.63, 3.8) is 0 Å². The number of methoxy groups -OCH3 is 1. The van der Waals surface area contributed by atoms with Crippen molar-refractivity contribution in [3.05, 3.63) is 22.1 Å². The van der Waals surface area contributed by atoms with Crippen molar-refractivity contribution >= 4 is 5.97 Å². The van der Waals surface area contributed by atoms with Gasteiger partial charge in [-0.25, -0.2) is 9.48 Å². The third kappa shape index (κ3) is 1.86. The maximum absolute atomic E-state index is 11.4. The van der Waals surface area contributed by atoms with Crippen LogP contribution in [0.5, 0.6) is 0 Å². The highest BCUT2D eigenvalue weighted by Crippen LogP contribution is 2.09. The lowest BCUT2D eigenvalue weighted by molar-refractivity contribution is 0.0592. The van der Waals surface area contributed by atoms with Gasteiger partial charge in [-0.05, 0) is 20.8 Å². The first kappa shape index (κ1) is 10.6. The van der Waals surface area contributed by atoms with Gasteiger partial charge < -0.3 is 4.74 Å². The summed E-state index contributed by atoms with van der Waals surface area (Å²) in [5, 5.41) is 2.70. The van der Waals surface area contributed by atoms with Crippen molar-refractivity contribution in [2.75, 3.05) is 7.11 Å². The fraction of sp³-hybridized carbons (Fsp3) is 0.556. The summed E-state index contributed by atoms with van der Waals surface area (Å²) in [6.07, 6.45) is 0. The molecule has 0 unspecified atom stereocenters. The summed E-state index contributed by atoms with van der Waals surface area (Å²) in [7, 11) is 1.27. The molecular formula is C9H14N2O3. The number of aromatic nitrogens is 2. The molecule has 0 atom stereocenters. The monoisotopic (exact) mass is 198 g/mol. The molecule has 1 aromatic rings. The lowest BCUT2D eigenvalue weighted by atomic mass is 10.1. The Morgan fingerprint density at radius 2 is 2.07 bits per heavy atom. The topological polar surface area (TPSA) is 64.1 Å². The van der Waals surface area contributed by atoms with E-state index >= 15 is 0 Å². The molecule has 0 radical (unpaired) electrons. The molecule has 1 rings (SSSR count).